The Bertz CT molecular complexity index is 560. The molecule has 0 spiro atoms. The molecule has 0 fully saturated rings. The summed E-state index contributed by atoms with van der Waals surface area (Å²) in [5.41, 5.74) is 7.75. The Hall–Kier alpha value is -1.29. The Labute approximate surface area is 115 Å². The summed E-state index contributed by atoms with van der Waals surface area (Å²) in [5, 5.41) is 1.18. The molecule has 0 amide bonds. The monoisotopic (exact) mass is 282 g/mol. The van der Waals surface area contributed by atoms with E-state index in [-0.39, 0.29) is 0 Å². The molecule has 2 rings (SSSR count). The zero-order valence-electron chi connectivity index (χ0n) is 9.73. The maximum Gasteiger partial charge on any atom is 0.137 e. The van der Waals surface area contributed by atoms with Crippen molar-refractivity contribution in [3.8, 4) is 5.75 Å². The van der Waals surface area contributed by atoms with Gasteiger partial charge in [0.15, 0.2) is 0 Å². The maximum absolute atomic E-state index is 6.17. The number of benzene rings is 1. The second-order valence-electron chi connectivity index (χ2n) is 3.80. The highest BCUT2D eigenvalue weighted by Gasteiger charge is 2.14. The van der Waals surface area contributed by atoms with Crippen LogP contribution in [0.15, 0.2) is 36.7 Å². The lowest BCUT2D eigenvalue weighted by atomic mass is 10.0. The number of pyridine rings is 1. The van der Waals surface area contributed by atoms with Crippen LogP contribution in [0.2, 0.25) is 10.0 Å². The molecule has 1 unspecified atom stereocenters. The van der Waals surface area contributed by atoms with Crippen LogP contribution in [0.5, 0.6) is 5.75 Å². The zero-order chi connectivity index (χ0) is 13.1. The molecule has 94 valence electrons. The van der Waals surface area contributed by atoms with Gasteiger partial charge in [-0.15, -0.1) is 0 Å². The highest BCUT2D eigenvalue weighted by molar-refractivity contribution is 6.33. The van der Waals surface area contributed by atoms with Gasteiger partial charge in [0.25, 0.3) is 0 Å². The standard InChI is InChI=1S/C13H12Cl2N2O/c1-18-10-4-8(6-17-7-10)13(16)11-5-9(14)2-3-12(11)15/h2-7,13H,16H2,1H3. The molecule has 0 aliphatic carbocycles. The van der Waals surface area contributed by atoms with Crippen LogP contribution in [0.4, 0.5) is 0 Å². The average molecular weight is 283 g/mol. The molecule has 0 bridgehead atoms. The molecule has 0 radical (unpaired) electrons. The van der Waals surface area contributed by atoms with Gasteiger partial charge in [-0.05, 0) is 35.4 Å². The van der Waals surface area contributed by atoms with Crippen molar-refractivity contribution in [2.75, 3.05) is 7.11 Å². The summed E-state index contributed by atoms with van der Waals surface area (Å²) in [6.45, 7) is 0. The van der Waals surface area contributed by atoms with E-state index in [0.29, 0.717) is 15.8 Å². The fourth-order valence-electron chi connectivity index (χ4n) is 1.65. The van der Waals surface area contributed by atoms with Gasteiger partial charge in [-0.2, -0.15) is 0 Å². The van der Waals surface area contributed by atoms with Crippen LogP contribution in [0.1, 0.15) is 17.2 Å². The summed E-state index contributed by atoms with van der Waals surface area (Å²) in [6.07, 6.45) is 3.31. The highest BCUT2D eigenvalue weighted by Crippen LogP contribution is 2.29. The SMILES string of the molecule is COc1cncc(C(N)c2cc(Cl)ccc2Cl)c1. The first-order chi connectivity index (χ1) is 8.61. The molecular formula is C13H12Cl2N2O. The van der Waals surface area contributed by atoms with E-state index in [1.165, 1.54) is 0 Å². The van der Waals surface area contributed by atoms with Crippen LogP contribution in [-0.4, -0.2) is 12.1 Å². The van der Waals surface area contributed by atoms with Crippen molar-refractivity contribution in [1.82, 2.24) is 4.98 Å². The van der Waals surface area contributed by atoms with Gasteiger partial charge in [0.1, 0.15) is 5.75 Å². The molecule has 1 atom stereocenters. The van der Waals surface area contributed by atoms with Crippen molar-refractivity contribution in [3.05, 3.63) is 57.8 Å². The topological polar surface area (TPSA) is 48.1 Å². The summed E-state index contributed by atoms with van der Waals surface area (Å²) >= 11 is 12.1. The van der Waals surface area contributed by atoms with Crippen LogP contribution in [0.25, 0.3) is 0 Å². The van der Waals surface area contributed by atoms with Crippen molar-refractivity contribution in [1.29, 1.82) is 0 Å². The van der Waals surface area contributed by atoms with E-state index in [9.17, 15) is 0 Å². The smallest absolute Gasteiger partial charge is 0.137 e. The Morgan fingerprint density at radius 3 is 2.72 bits per heavy atom. The fraction of sp³-hybridized carbons (Fsp3) is 0.154. The number of aromatic nitrogens is 1. The predicted octanol–water partition coefficient (Wildman–Crippen LogP) is 3.45. The second kappa shape index (κ2) is 5.57. The number of methoxy groups -OCH3 is 1. The number of ether oxygens (including phenoxy) is 1. The number of nitrogens with zero attached hydrogens (tertiary/aromatic N) is 1. The van der Waals surface area contributed by atoms with E-state index in [1.807, 2.05) is 6.07 Å². The number of hydrogen-bond donors (Lipinski definition) is 1. The van der Waals surface area contributed by atoms with Crippen LogP contribution in [0, 0.1) is 0 Å². The summed E-state index contributed by atoms with van der Waals surface area (Å²) in [5.74, 6) is 0.654. The predicted molar refractivity (Wildman–Crippen MR) is 73.3 cm³/mol. The number of halogens is 2. The summed E-state index contributed by atoms with van der Waals surface area (Å²) in [4.78, 5) is 4.07. The van der Waals surface area contributed by atoms with E-state index in [4.69, 9.17) is 33.7 Å². The minimum atomic E-state index is -0.390. The average Bonchev–Trinajstić information content (AvgIpc) is 2.41. The summed E-state index contributed by atoms with van der Waals surface area (Å²) in [6, 6.07) is 6.65. The molecule has 0 saturated heterocycles. The third-order valence-corrected chi connectivity index (χ3v) is 3.20. The summed E-state index contributed by atoms with van der Waals surface area (Å²) < 4.78 is 5.12. The molecule has 3 nitrogen and oxygen atoms in total. The van der Waals surface area contributed by atoms with Crippen molar-refractivity contribution in [2.24, 2.45) is 5.73 Å². The van der Waals surface area contributed by atoms with Gasteiger partial charge in [-0.1, -0.05) is 23.2 Å². The molecule has 2 N–H and O–H groups in total. The quantitative estimate of drug-likeness (QED) is 0.938. The zero-order valence-corrected chi connectivity index (χ0v) is 11.2. The fourth-order valence-corrected chi connectivity index (χ4v) is 2.07. The van der Waals surface area contributed by atoms with Crippen molar-refractivity contribution in [2.45, 2.75) is 6.04 Å². The largest absolute Gasteiger partial charge is 0.495 e. The molecule has 1 aromatic carbocycles. The lowest BCUT2D eigenvalue weighted by molar-refractivity contribution is 0.412. The lowest BCUT2D eigenvalue weighted by Crippen LogP contribution is -2.12. The Morgan fingerprint density at radius 2 is 2.00 bits per heavy atom. The third kappa shape index (κ3) is 2.75. The Kier molecular flexibility index (Phi) is 4.07. The van der Waals surface area contributed by atoms with E-state index in [0.717, 1.165) is 11.1 Å². The highest BCUT2D eigenvalue weighted by atomic mass is 35.5. The first-order valence-corrected chi connectivity index (χ1v) is 6.07. The first-order valence-electron chi connectivity index (χ1n) is 5.31. The van der Waals surface area contributed by atoms with E-state index < -0.39 is 6.04 Å². The van der Waals surface area contributed by atoms with Gasteiger partial charge >= 0.3 is 0 Å². The van der Waals surface area contributed by atoms with Crippen molar-refractivity contribution >= 4 is 23.2 Å². The molecule has 0 saturated carbocycles. The van der Waals surface area contributed by atoms with Crippen LogP contribution >= 0.6 is 23.2 Å². The molecule has 1 heterocycles. The Morgan fingerprint density at radius 1 is 1.22 bits per heavy atom. The molecule has 18 heavy (non-hydrogen) atoms. The van der Waals surface area contributed by atoms with Crippen molar-refractivity contribution < 1.29 is 4.74 Å². The molecular weight excluding hydrogens is 271 g/mol. The van der Waals surface area contributed by atoms with E-state index in [2.05, 4.69) is 4.98 Å². The number of rotatable bonds is 3. The number of hydrogen-bond acceptors (Lipinski definition) is 3. The van der Waals surface area contributed by atoms with E-state index in [1.54, 1.807) is 37.7 Å². The minimum Gasteiger partial charge on any atom is -0.495 e. The van der Waals surface area contributed by atoms with Crippen molar-refractivity contribution in [3.63, 3.8) is 0 Å². The molecule has 1 aromatic heterocycles. The van der Waals surface area contributed by atoms with Gasteiger partial charge in [0.05, 0.1) is 19.3 Å². The van der Waals surface area contributed by atoms with Gasteiger partial charge in [0, 0.05) is 16.2 Å². The van der Waals surface area contributed by atoms with Gasteiger partial charge in [0.2, 0.25) is 0 Å². The molecule has 2 aromatic rings. The normalized spacial score (nSPS) is 12.2. The third-order valence-electron chi connectivity index (χ3n) is 2.62. The van der Waals surface area contributed by atoms with Gasteiger partial charge < -0.3 is 10.5 Å². The maximum atomic E-state index is 6.17. The first kappa shape index (κ1) is 13.1. The second-order valence-corrected chi connectivity index (χ2v) is 4.65. The Balaban J connectivity index is 2.40. The van der Waals surface area contributed by atoms with E-state index >= 15 is 0 Å². The van der Waals surface area contributed by atoms with Crippen LogP contribution in [0.3, 0.4) is 0 Å². The lowest BCUT2D eigenvalue weighted by Gasteiger charge is -2.15. The van der Waals surface area contributed by atoms with Gasteiger partial charge in [-0.3, -0.25) is 4.98 Å². The minimum absolute atomic E-state index is 0.390. The molecule has 0 aliphatic rings. The van der Waals surface area contributed by atoms with Gasteiger partial charge in [-0.25, -0.2) is 0 Å². The van der Waals surface area contributed by atoms with Crippen LogP contribution < -0.4 is 10.5 Å². The molecule has 5 heteroatoms. The molecule has 0 aliphatic heterocycles. The van der Waals surface area contributed by atoms with Crippen LogP contribution in [-0.2, 0) is 0 Å². The number of nitrogens with two attached hydrogens (primary N) is 1. The summed E-state index contributed by atoms with van der Waals surface area (Å²) in [7, 11) is 1.58.